The van der Waals surface area contributed by atoms with E-state index in [0.29, 0.717) is 12.5 Å². The van der Waals surface area contributed by atoms with Gasteiger partial charge in [0.1, 0.15) is 5.82 Å². The maximum Gasteiger partial charge on any atom is 0.311 e. The summed E-state index contributed by atoms with van der Waals surface area (Å²) in [7, 11) is 0. The molecule has 104 valence electrons. The van der Waals surface area contributed by atoms with Gasteiger partial charge in [0.05, 0.1) is 11.0 Å². The SMILES string of the molecule is Nc1ccc([N+](=O)[O-])c(NCC2CCC(O)CC2)n1. The Morgan fingerprint density at radius 2 is 2.11 bits per heavy atom. The number of aromatic nitrogens is 1. The van der Waals surface area contributed by atoms with E-state index in [0.717, 1.165) is 25.7 Å². The number of anilines is 2. The number of nitrogens with two attached hydrogens (primary N) is 1. The molecule has 2 rings (SSSR count). The number of hydrogen-bond donors (Lipinski definition) is 3. The van der Waals surface area contributed by atoms with E-state index in [9.17, 15) is 15.2 Å². The average molecular weight is 266 g/mol. The van der Waals surface area contributed by atoms with Crippen molar-refractivity contribution in [2.45, 2.75) is 31.8 Å². The second-order valence-corrected chi connectivity index (χ2v) is 4.92. The lowest BCUT2D eigenvalue weighted by Gasteiger charge is -2.25. The standard InChI is InChI=1S/C12H18N4O3/c13-11-6-5-10(16(18)19)12(15-11)14-7-8-1-3-9(17)4-2-8/h5-6,8-9,17H,1-4,7H2,(H3,13,14,15). The van der Waals surface area contributed by atoms with Crippen LogP contribution in [0.5, 0.6) is 0 Å². The second kappa shape index (κ2) is 5.83. The van der Waals surface area contributed by atoms with Crippen LogP contribution in [-0.4, -0.2) is 27.7 Å². The van der Waals surface area contributed by atoms with Gasteiger partial charge in [-0.3, -0.25) is 10.1 Å². The minimum atomic E-state index is -0.473. The molecule has 0 aliphatic heterocycles. The summed E-state index contributed by atoms with van der Waals surface area (Å²) < 4.78 is 0. The lowest BCUT2D eigenvalue weighted by atomic mass is 9.87. The van der Waals surface area contributed by atoms with Crippen LogP contribution in [0.15, 0.2) is 12.1 Å². The van der Waals surface area contributed by atoms with Gasteiger partial charge in [-0.05, 0) is 37.7 Å². The van der Waals surface area contributed by atoms with E-state index >= 15 is 0 Å². The molecule has 4 N–H and O–H groups in total. The van der Waals surface area contributed by atoms with Crippen LogP contribution >= 0.6 is 0 Å². The Morgan fingerprint density at radius 1 is 1.42 bits per heavy atom. The van der Waals surface area contributed by atoms with Crippen molar-refractivity contribution in [3.63, 3.8) is 0 Å². The zero-order valence-electron chi connectivity index (χ0n) is 10.6. The molecule has 0 aromatic carbocycles. The van der Waals surface area contributed by atoms with Gasteiger partial charge in [0.25, 0.3) is 0 Å². The largest absolute Gasteiger partial charge is 0.393 e. The van der Waals surface area contributed by atoms with Crippen LogP contribution in [0, 0.1) is 16.0 Å². The minimum Gasteiger partial charge on any atom is -0.393 e. The summed E-state index contributed by atoms with van der Waals surface area (Å²) in [6, 6.07) is 2.77. The van der Waals surface area contributed by atoms with E-state index in [1.165, 1.54) is 12.1 Å². The minimum absolute atomic E-state index is 0.0648. The topological polar surface area (TPSA) is 114 Å². The first-order valence-corrected chi connectivity index (χ1v) is 6.39. The molecule has 0 bridgehead atoms. The van der Waals surface area contributed by atoms with Crippen molar-refractivity contribution in [3.8, 4) is 0 Å². The van der Waals surface area contributed by atoms with Crippen LogP contribution < -0.4 is 11.1 Å². The van der Waals surface area contributed by atoms with Gasteiger partial charge in [0.2, 0.25) is 5.82 Å². The molecular formula is C12H18N4O3. The number of aliphatic hydroxyl groups excluding tert-OH is 1. The Kier molecular flexibility index (Phi) is 4.16. The fourth-order valence-corrected chi connectivity index (χ4v) is 2.33. The van der Waals surface area contributed by atoms with Crippen molar-refractivity contribution >= 4 is 17.3 Å². The van der Waals surface area contributed by atoms with Crippen LogP contribution in [0.25, 0.3) is 0 Å². The van der Waals surface area contributed by atoms with Crippen LogP contribution in [0.3, 0.4) is 0 Å². The van der Waals surface area contributed by atoms with Gasteiger partial charge < -0.3 is 16.2 Å². The summed E-state index contributed by atoms with van der Waals surface area (Å²) in [4.78, 5) is 14.4. The first kappa shape index (κ1) is 13.5. The second-order valence-electron chi connectivity index (χ2n) is 4.92. The van der Waals surface area contributed by atoms with E-state index < -0.39 is 4.92 Å². The molecule has 0 saturated heterocycles. The molecule has 0 unspecified atom stereocenters. The van der Waals surface area contributed by atoms with Crippen molar-refractivity contribution in [1.29, 1.82) is 0 Å². The van der Waals surface area contributed by atoms with Gasteiger partial charge in [-0.2, -0.15) is 0 Å². The van der Waals surface area contributed by atoms with Crippen molar-refractivity contribution in [2.75, 3.05) is 17.6 Å². The number of nitrogen functional groups attached to an aromatic ring is 1. The molecule has 1 aromatic heterocycles. The molecule has 1 heterocycles. The maximum atomic E-state index is 10.9. The Hall–Kier alpha value is -1.89. The highest BCUT2D eigenvalue weighted by molar-refractivity contribution is 5.59. The van der Waals surface area contributed by atoms with Gasteiger partial charge in [-0.1, -0.05) is 0 Å². The number of pyridine rings is 1. The molecule has 0 amide bonds. The highest BCUT2D eigenvalue weighted by atomic mass is 16.6. The normalized spacial score (nSPS) is 23.0. The molecule has 1 aromatic rings. The Labute approximate surface area is 111 Å². The number of hydrogen-bond acceptors (Lipinski definition) is 6. The molecule has 1 aliphatic carbocycles. The molecule has 1 saturated carbocycles. The molecular weight excluding hydrogens is 248 g/mol. The fraction of sp³-hybridized carbons (Fsp3) is 0.583. The Balaban J connectivity index is 1.98. The first-order chi connectivity index (χ1) is 9.06. The third-order valence-corrected chi connectivity index (χ3v) is 3.47. The van der Waals surface area contributed by atoms with E-state index in [2.05, 4.69) is 10.3 Å². The van der Waals surface area contributed by atoms with E-state index in [-0.39, 0.29) is 23.4 Å². The van der Waals surface area contributed by atoms with E-state index in [1.807, 2.05) is 0 Å². The zero-order chi connectivity index (χ0) is 13.8. The van der Waals surface area contributed by atoms with Crippen LogP contribution in [0.4, 0.5) is 17.3 Å². The third kappa shape index (κ3) is 3.54. The van der Waals surface area contributed by atoms with Crippen molar-refractivity contribution < 1.29 is 10.0 Å². The van der Waals surface area contributed by atoms with Gasteiger partial charge in [0.15, 0.2) is 0 Å². The summed E-state index contributed by atoms with van der Waals surface area (Å²) in [5, 5.41) is 23.3. The summed E-state index contributed by atoms with van der Waals surface area (Å²) >= 11 is 0. The number of rotatable bonds is 4. The molecule has 7 heteroatoms. The van der Waals surface area contributed by atoms with Crippen molar-refractivity contribution in [1.82, 2.24) is 4.98 Å². The number of nitrogens with zero attached hydrogens (tertiary/aromatic N) is 2. The monoisotopic (exact) mass is 266 g/mol. The molecule has 7 nitrogen and oxygen atoms in total. The number of nitrogens with one attached hydrogen (secondary N) is 1. The van der Waals surface area contributed by atoms with Gasteiger partial charge in [-0.15, -0.1) is 0 Å². The Bertz CT molecular complexity index is 458. The Morgan fingerprint density at radius 3 is 2.74 bits per heavy atom. The molecule has 0 spiro atoms. The first-order valence-electron chi connectivity index (χ1n) is 6.39. The summed E-state index contributed by atoms with van der Waals surface area (Å²) in [6.07, 6.45) is 3.22. The van der Waals surface area contributed by atoms with Crippen LogP contribution in [0.2, 0.25) is 0 Å². The average Bonchev–Trinajstić information content (AvgIpc) is 2.38. The number of aliphatic hydroxyl groups is 1. The van der Waals surface area contributed by atoms with Crippen molar-refractivity contribution in [2.24, 2.45) is 5.92 Å². The lowest BCUT2D eigenvalue weighted by Crippen LogP contribution is -2.24. The quantitative estimate of drug-likeness (QED) is 0.562. The molecule has 1 aliphatic rings. The summed E-state index contributed by atoms with van der Waals surface area (Å²) in [6.45, 7) is 0.615. The van der Waals surface area contributed by atoms with Crippen LogP contribution in [-0.2, 0) is 0 Å². The third-order valence-electron chi connectivity index (χ3n) is 3.47. The molecule has 19 heavy (non-hydrogen) atoms. The van der Waals surface area contributed by atoms with Gasteiger partial charge in [0, 0.05) is 12.6 Å². The fourth-order valence-electron chi connectivity index (χ4n) is 2.33. The smallest absolute Gasteiger partial charge is 0.311 e. The zero-order valence-corrected chi connectivity index (χ0v) is 10.6. The number of nitro groups is 1. The maximum absolute atomic E-state index is 10.9. The van der Waals surface area contributed by atoms with Gasteiger partial charge >= 0.3 is 5.69 Å². The lowest BCUT2D eigenvalue weighted by molar-refractivity contribution is -0.384. The predicted octanol–water partition coefficient (Wildman–Crippen LogP) is 1.53. The molecule has 0 atom stereocenters. The predicted molar refractivity (Wildman–Crippen MR) is 71.8 cm³/mol. The molecule has 0 radical (unpaired) electrons. The van der Waals surface area contributed by atoms with Crippen LogP contribution in [0.1, 0.15) is 25.7 Å². The molecule has 1 fully saturated rings. The van der Waals surface area contributed by atoms with E-state index in [4.69, 9.17) is 5.73 Å². The van der Waals surface area contributed by atoms with Crippen molar-refractivity contribution in [3.05, 3.63) is 22.2 Å². The summed E-state index contributed by atoms with van der Waals surface area (Å²) in [5.74, 6) is 0.884. The highest BCUT2D eigenvalue weighted by Crippen LogP contribution is 2.27. The van der Waals surface area contributed by atoms with Gasteiger partial charge in [-0.25, -0.2) is 4.98 Å². The highest BCUT2D eigenvalue weighted by Gasteiger charge is 2.21. The van der Waals surface area contributed by atoms with E-state index in [1.54, 1.807) is 0 Å². The summed E-state index contributed by atoms with van der Waals surface area (Å²) in [5.41, 5.74) is 5.48.